The molecule has 96 valence electrons. The molecule has 0 fully saturated rings. The fraction of sp³-hybridized carbons (Fsp3) is 0.182. The maximum atomic E-state index is 11.4. The van der Waals surface area contributed by atoms with Gasteiger partial charge in [0.05, 0.1) is 11.3 Å². The Kier molecular flexibility index (Phi) is 4.39. The van der Waals surface area contributed by atoms with Crippen molar-refractivity contribution in [3.8, 4) is 0 Å². The number of benzene rings is 1. The Hall–Kier alpha value is -2.41. The van der Waals surface area contributed by atoms with Gasteiger partial charge >= 0.3 is 5.97 Å². The molecule has 0 aliphatic heterocycles. The van der Waals surface area contributed by atoms with E-state index in [1.165, 1.54) is 38.1 Å². The second-order valence-corrected chi connectivity index (χ2v) is 3.50. The van der Waals surface area contributed by atoms with Crippen LogP contribution in [0.1, 0.15) is 24.2 Å². The summed E-state index contributed by atoms with van der Waals surface area (Å²) in [6, 6.07) is 5.64. The average molecular weight is 251 g/mol. The highest BCUT2D eigenvalue weighted by molar-refractivity contribution is 5.92. The normalized spacial score (nSPS) is 9.67. The zero-order chi connectivity index (χ0) is 13.7. The van der Waals surface area contributed by atoms with Crippen molar-refractivity contribution in [2.45, 2.75) is 13.8 Å². The van der Waals surface area contributed by atoms with Gasteiger partial charge in [0.25, 0.3) is 0 Å². The van der Waals surface area contributed by atoms with Crippen molar-refractivity contribution in [2.24, 2.45) is 0 Å². The van der Waals surface area contributed by atoms with Crippen molar-refractivity contribution in [3.63, 3.8) is 0 Å². The molecule has 0 spiro atoms. The van der Waals surface area contributed by atoms with E-state index in [1.807, 2.05) is 0 Å². The number of hydrazine groups is 2. The summed E-state index contributed by atoms with van der Waals surface area (Å²) in [4.78, 5) is 32.8. The number of amides is 2. The van der Waals surface area contributed by atoms with Crippen molar-refractivity contribution in [1.82, 2.24) is 11.0 Å². The number of anilines is 1. The average Bonchev–Trinajstić information content (AvgIpc) is 2.29. The highest BCUT2D eigenvalue weighted by Gasteiger charge is 2.12. The summed E-state index contributed by atoms with van der Waals surface area (Å²) >= 11 is 0. The second kappa shape index (κ2) is 5.78. The number of nitrogens with one attached hydrogen (secondary N) is 2. The first-order chi connectivity index (χ1) is 8.41. The molecule has 0 aliphatic carbocycles. The number of hydrogen-bond acceptors (Lipinski definition) is 4. The molecule has 0 unspecified atom stereocenters. The van der Waals surface area contributed by atoms with E-state index < -0.39 is 5.97 Å². The van der Waals surface area contributed by atoms with Gasteiger partial charge in [-0.2, -0.15) is 0 Å². The summed E-state index contributed by atoms with van der Waals surface area (Å²) < 4.78 is 0. The summed E-state index contributed by atoms with van der Waals surface area (Å²) in [6.45, 7) is 2.60. The lowest BCUT2D eigenvalue weighted by Crippen LogP contribution is -2.51. The Balaban J connectivity index is 2.89. The monoisotopic (exact) mass is 251 g/mol. The summed E-state index contributed by atoms with van der Waals surface area (Å²) in [7, 11) is 0. The van der Waals surface area contributed by atoms with Crippen molar-refractivity contribution in [1.29, 1.82) is 0 Å². The minimum absolute atomic E-state index is 0.113. The number of aromatic carboxylic acids is 1. The molecule has 7 heteroatoms. The minimum atomic E-state index is -1.05. The molecule has 0 saturated heterocycles. The zero-order valence-corrected chi connectivity index (χ0v) is 9.93. The number of carboxylic acid groups (broad SMARTS) is 1. The van der Waals surface area contributed by atoms with E-state index in [4.69, 9.17) is 5.11 Å². The lowest BCUT2D eigenvalue weighted by molar-refractivity contribution is -0.121. The Morgan fingerprint density at radius 2 is 1.67 bits per heavy atom. The highest BCUT2D eigenvalue weighted by Crippen LogP contribution is 2.13. The van der Waals surface area contributed by atoms with Gasteiger partial charge in [-0.15, -0.1) is 5.53 Å². The molecular formula is C11H13N3O4. The van der Waals surface area contributed by atoms with Crippen LogP contribution in [0.4, 0.5) is 5.69 Å². The van der Waals surface area contributed by atoms with E-state index in [-0.39, 0.29) is 17.4 Å². The molecule has 0 bridgehead atoms. The van der Waals surface area contributed by atoms with E-state index in [1.54, 1.807) is 0 Å². The van der Waals surface area contributed by atoms with Gasteiger partial charge in [0.1, 0.15) is 0 Å². The second-order valence-electron chi connectivity index (χ2n) is 3.50. The van der Waals surface area contributed by atoms with Gasteiger partial charge in [-0.25, -0.2) is 9.80 Å². The quantitative estimate of drug-likeness (QED) is 0.668. The molecule has 0 heterocycles. The molecule has 0 aliphatic rings. The third-order valence-electron chi connectivity index (χ3n) is 2.03. The van der Waals surface area contributed by atoms with Crippen molar-refractivity contribution in [3.05, 3.63) is 29.8 Å². The van der Waals surface area contributed by atoms with E-state index in [9.17, 15) is 14.4 Å². The molecule has 0 saturated carbocycles. The maximum absolute atomic E-state index is 11.4. The molecule has 1 aromatic carbocycles. The number of carboxylic acids is 1. The van der Waals surface area contributed by atoms with Crippen molar-refractivity contribution < 1.29 is 19.5 Å². The van der Waals surface area contributed by atoms with Gasteiger partial charge in [0.2, 0.25) is 11.8 Å². The standard InChI is InChI=1S/C11H13N3O4/c1-7(15)12-13-14(8(2)16)10-5-3-9(4-6-10)11(17)18/h3-6,13H,1-2H3,(H,12,15)(H,17,18). The SMILES string of the molecule is CC(=O)NNN(C(C)=O)c1ccc(C(=O)O)cc1. The summed E-state index contributed by atoms with van der Waals surface area (Å²) in [6.07, 6.45) is 0. The fourth-order valence-corrected chi connectivity index (χ4v) is 1.21. The lowest BCUT2D eigenvalue weighted by Gasteiger charge is -2.21. The van der Waals surface area contributed by atoms with Crippen LogP contribution in [0.25, 0.3) is 0 Å². The predicted molar refractivity (Wildman–Crippen MR) is 63.5 cm³/mol. The molecule has 2 amide bonds. The van der Waals surface area contributed by atoms with Crippen LogP contribution in [0.5, 0.6) is 0 Å². The molecule has 0 atom stereocenters. The van der Waals surface area contributed by atoms with Crippen LogP contribution >= 0.6 is 0 Å². The van der Waals surface area contributed by atoms with Gasteiger partial charge in [-0.05, 0) is 24.3 Å². The first kappa shape index (κ1) is 13.7. The number of nitrogens with zero attached hydrogens (tertiary/aromatic N) is 1. The molecule has 1 aromatic rings. The molecule has 0 radical (unpaired) electrons. The molecule has 1 rings (SSSR count). The van der Waals surface area contributed by atoms with Crippen LogP contribution in [0.15, 0.2) is 24.3 Å². The predicted octanol–water partition coefficient (Wildman–Crippen LogP) is 0.293. The van der Waals surface area contributed by atoms with E-state index in [2.05, 4.69) is 11.0 Å². The lowest BCUT2D eigenvalue weighted by atomic mass is 10.2. The number of hydrogen-bond donors (Lipinski definition) is 3. The topological polar surface area (TPSA) is 98.7 Å². The summed E-state index contributed by atoms with van der Waals surface area (Å²) in [5.41, 5.74) is 5.21. The van der Waals surface area contributed by atoms with Gasteiger partial charge < -0.3 is 5.11 Å². The van der Waals surface area contributed by atoms with Crippen LogP contribution in [-0.2, 0) is 9.59 Å². The van der Waals surface area contributed by atoms with E-state index in [0.29, 0.717) is 5.69 Å². The molecule has 3 N–H and O–H groups in total. The minimum Gasteiger partial charge on any atom is -0.478 e. The van der Waals surface area contributed by atoms with E-state index in [0.717, 1.165) is 5.01 Å². The maximum Gasteiger partial charge on any atom is 0.335 e. The first-order valence-corrected chi connectivity index (χ1v) is 5.08. The van der Waals surface area contributed by atoms with Gasteiger partial charge in [0, 0.05) is 13.8 Å². The highest BCUT2D eigenvalue weighted by atomic mass is 16.4. The van der Waals surface area contributed by atoms with Gasteiger partial charge in [-0.3, -0.25) is 15.0 Å². The molecular weight excluding hydrogens is 238 g/mol. The Morgan fingerprint density at radius 3 is 2.06 bits per heavy atom. The smallest absolute Gasteiger partial charge is 0.335 e. The largest absolute Gasteiger partial charge is 0.478 e. The van der Waals surface area contributed by atoms with Crippen molar-refractivity contribution in [2.75, 3.05) is 5.01 Å². The number of carbonyl (C=O) groups excluding carboxylic acids is 2. The van der Waals surface area contributed by atoms with Crippen molar-refractivity contribution >= 4 is 23.5 Å². The Bertz CT molecular complexity index is 470. The number of rotatable bonds is 4. The summed E-state index contributed by atoms with van der Waals surface area (Å²) in [5, 5.41) is 9.84. The Labute approximate surface area is 103 Å². The Morgan fingerprint density at radius 1 is 1.11 bits per heavy atom. The van der Waals surface area contributed by atoms with Crippen LogP contribution in [-0.4, -0.2) is 22.9 Å². The number of carbonyl (C=O) groups is 3. The zero-order valence-electron chi connectivity index (χ0n) is 9.93. The van der Waals surface area contributed by atoms with Crippen LogP contribution in [0.2, 0.25) is 0 Å². The van der Waals surface area contributed by atoms with Gasteiger partial charge in [0.15, 0.2) is 0 Å². The fourth-order valence-electron chi connectivity index (χ4n) is 1.21. The molecule has 18 heavy (non-hydrogen) atoms. The van der Waals surface area contributed by atoms with Gasteiger partial charge in [-0.1, -0.05) is 0 Å². The van der Waals surface area contributed by atoms with Crippen LogP contribution < -0.4 is 16.0 Å². The first-order valence-electron chi connectivity index (χ1n) is 5.08. The van der Waals surface area contributed by atoms with E-state index >= 15 is 0 Å². The van der Waals surface area contributed by atoms with Crippen LogP contribution in [0, 0.1) is 0 Å². The molecule has 0 aromatic heterocycles. The third-order valence-corrected chi connectivity index (χ3v) is 2.03. The third kappa shape index (κ3) is 3.56. The molecule has 7 nitrogen and oxygen atoms in total. The van der Waals surface area contributed by atoms with Crippen LogP contribution in [0.3, 0.4) is 0 Å². The summed E-state index contributed by atoms with van der Waals surface area (Å²) in [5.74, 6) is -1.76.